The van der Waals surface area contributed by atoms with Crippen LogP contribution in [0.1, 0.15) is 30.5 Å². The first-order valence-electron chi connectivity index (χ1n) is 12.1. The summed E-state index contributed by atoms with van der Waals surface area (Å²) in [5, 5.41) is 10.6. The summed E-state index contributed by atoms with van der Waals surface area (Å²) >= 11 is 6.02. The van der Waals surface area contributed by atoms with Gasteiger partial charge in [-0.2, -0.15) is 18.2 Å². The van der Waals surface area contributed by atoms with E-state index in [-0.39, 0.29) is 75.4 Å². The number of sulfonamides is 1. The summed E-state index contributed by atoms with van der Waals surface area (Å²) in [6.45, 7) is -0.0476. The molecule has 1 saturated carbocycles. The van der Waals surface area contributed by atoms with E-state index in [9.17, 15) is 30.8 Å². The number of hydrogen-bond donors (Lipinski definition) is 4. The number of rotatable bonds is 8. The van der Waals surface area contributed by atoms with E-state index in [1.807, 2.05) is 0 Å². The van der Waals surface area contributed by atoms with Crippen LogP contribution in [0, 0.1) is 0 Å². The van der Waals surface area contributed by atoms with Crippen LogP contribution in [0.2, 0.25) is 5.02 Å². The molecule has 41 heavy (non-hydrogen) atoms. The van der Waals surface area contributed by atoms with E-state index in [0.29, 0.717) is 5.56 Å². The van der Waals surface area contributed by atoms with Crippen LogP contribution in [-0.2, 0) is 21.4 Å². The Bertz CT molecular complexity index is 1740. The van der Waals surface area contributed by atoms with E-state index in [1.165, 1.54) is 42.5 Å². The molecule has 2 aromatic heterocycles. The molecule has 2 aliphatic rings. The maximum absolute atomic E-state index is 13.9. The fourth-order valence-corrected chi connectivity index (χ4v) is 5.31. The van der Waals surface area contributed by atoms with Gasteiger partial charge in [0.2, 0.25) is 21.9 Å². The molecule has 16 heteroatoms. The molecule has 0 bridgehead atoms. The number of pyridine rings is 1. The highest BCUT2D eigenvalue weighted by atomic mass is 35.5. The largest absolute Gasteiger partial charge is 0.411 e. The summed E-state index contributed by atoms with van der Waals surface area (Å²) in [7, 11) is -4.05. The summed E-state index contributed by atoms with van der Waals surface area (Å²) in [6.07, 6.45) is -4.04. The maximum Gasteiger partial charge on any atom is 0.411 e. The van der Waals surface area contributed by atoms with E-state index < -0.39 is 33.8 Å². The second-order valence-electron chi connectivity index (χ2n) is 9.69. The molecule has 2 aliphatic carbocycles. The smallest absolute Gasteiger partial charge is 0.366 e. The lowest BCUT2D eigenvalue weighted by atomic mass is 9.93. The van der Waals surface area contributed by atoms with Crippen molar-refractivity contribution in [1.29, 1.82) is 0 Å². The van der Waals surface area contributed by atoms with Crippen molar-refractivity contribution in [3.8, 4) is 0 Å². The molecule has 1 aromatic carbocycles. The summed E-state index contributed by atoms with van der Waals surface area (Å²) in [4.78, 5) is 24.8. The van der Waals surface area contributed by atoms with E-state index >= 15 is 0 Å². The molecular formula is C25H22ClF4N7O3S. The fraction of sp³-hybridized carbons (Fsp3) is 0.280. The summed E-state index contributed by atoms with van der Waals surface area (Å²) in [6, 6.07) is 6.90. The van der Waals surface area contributed by atoms with E-state index in [2.05, 4.69) is 25.6 Å². The van der Waals surface area contributed by atoms with E-state index in [1.54, 1.807) is 0 Å². The number of carbonyl (C=O) groups is 1. The van der Waals surface area contributed by atoms with Gasteiger partial charge < -0.3 is 16.4 Å². The Kier molecular flexibility index (Phi) is 7.16. The van der Waals surface area contributed by atoms with Gasteiger partial charge in [-0.05, 0) is 54.8 Å². The molecule has 0 spiro atoms. The molecule has 0 saturated heterocycles. The third-order valence-corrected chi connectivity index (χ3v) is 7.78. The number of aromatic nitrogens is 3. The Morgan fingerprint density at radius 2 is 1.88 bits per heavy atom. The second-order valence-corrected chi connectivity index (χ2v) is 11.7. The van der Waals surface area contributed by atoms with Crippen molar-refractivity contribution >= 4 is 55.9 Å². The lowest BCUT2D eigenvalue weighted by Gasteiger charge is -2.22. The topological polar surface area (TPSA) is 166 Å². The van der Waals surface area contributed by atoms with Crippen molar-refractivity contribution in [3.05, 3.63) is 64.3 Å². The molecular weight excluding hydrogens is 590 g/mol. The normalized spacial score (nSPS) is 18.4. The number of primary amides is 1. The number of primary sulfonamides is 1. The Hall–Kier alpha value is -3.82. The Morgan fingerprint density at radius 1 is 1.15 bits per heavy atom. The van der Waals surface area contributed by atoms with Gasteiger partial charge in [0.25, 0.3) is 0 Å². The van der Waals surface area contributed by atoms with E-state index in [4.69, 9.17) is 22.5 Å². The van der Waals surface area contributed by atoms with Crippen LogP contribution < -0.4 is 21.5 Å². The molecule has 1 amide bonds. The number of fused-ring (bicyclic) bond motifs is 1. The van der Waals surface area contributed by atoms with Crippen molar-refractivity contribution in [2.45, 2.75) is 48.6 Å². The summed E-state index contributed by atoms with van der Waals surface area (Å²) in [5.74, 6) is -1.15. The average Bonchev–Trinajstić information content (AvgIpc) is 3.67. The Morgan fingerprint density at radius 3 is 2.51 bits per heavy atom. The van der Waals surface area contributed by atoms with E-state index in [0.717, 1.165) is 0 Å². The predicted octanol–water partition coefficient (Wildman–Crippen LogP) is 3.98. The fourth-order valence-electron chi connectivity index (χ4n) is 4.38. The van der Waals surface area contributed by atoms with Crippen molar-refractivity contribution in [3.63, 3.8) is 0 Å². The number of carbonyl (C=O) groups excluding carboxylic acids is 1. The van der Waals surface area contributed by atoms with Crippen molar-refractivity contribution in [2.24, 2.45) is 10.9 Å². The number of alkyl halides is 4. The molecule has 1 fully saturated rings. The number of nitrogens with one attached hydrogen (secondary N) is 2. The molecule has 216 valence electrons. The third-order valence-electron chi connectivity index (χ3n) is 6.67. The zero-order valence-corrected chi connectivity index (χ0v) is 22.5. The molecule has 2 heterocycles. The number of halogens is 5. The zero-order valence-electron chi connectivity index (χ0n) is 21.0. The van der Waals surface area contributed by atoms with Gasteiger partial charge in [-0.3, -0.25) is 4.79 Å². The minimum Gasteiger partial charge on any atom is -0.366 e. The van der Waals surface area contributed by atoms with Crippen LogP contribution in [0.25, 0.3) is 16.6 Å². The van der Waals surface area contributed by atoms with Crippen molar-refractivity contribution in [1.82, 2.24) is 15.0 Å². The number of nitrogens with zero attached hydrogens (tertiary/aromatic N) is 3. The van der Waals surface area contributed by atoms with Gasteiger partial charge in [0.05, 0.1) is 16.1 Å². The molecule has 1 atom stereocenters. The molecule has 0 radical (unpaired) electrons. The monoisotopic (exact) mass is 611 g/mol. The summed E-state index contributed by atoms with van der Waals surface area (Å²) in [5.41, 5.74) is 4.18. The first-order chi connectivity index (χ1) is 19.1. The molecule has 1 unspecified atom stereocenters. The lowest BCUT2D eigenvalue weighted by molar-refractivity contribution is -0.151. The highest BCUT2D eigenvalue weighted by Crippen LogP contribution is 2.51. The van der Waals surface area contributed by atoms with Gasteiger partial charge in [0.15, 0.2) is 5.82 Å². The van der Waals surface area contributed by atoms with Crippen LogP contribution in [0.5, 0.6) is 0 Å². The zero-order chi connectivity index (χ0) is 29.7. The second kappa shape index (κ2) is 10.2. The molecule has 3 aromatic rings. The standard InChI is InChI=1S/C25H22ClF4N7O3S/c26-13-7-12(8-15(9-13)41(32,39)40)11-33-23-35-19-4-3-18(16-2-1-14(27)10-17(16)21(31)38)34-20(19)22(36-23)37-24(5-6-24)25(28,29)30/h1-4,7-9,14H,5-6,10-11H2,(H2,31,38)(H2,32,39,40)(H2,33,35,36,37). The van der Waals surface area contributed by atoms with Crippen molar-refractivity contribution < 1.29 is 30.8 Å². The van der Waals surface area contributed by atoms with Crippen LogP contribution in [0.4, 0.5) is 29.3 Å². The van der Waals surface area contributed by atoms with Gasteiger partial charge in [0, 0.05) is 29.1 Å². The first kappa shape index (κ1) is 28.7. The minimum absolute atomic E-state index is 0.00472. The molecule has 0 aliphatic heterocycles. The van der Waals surface area contributed by atoms with Gasteiger partial charge in [-0.1, -0.05) is 17.7 Å². The number of amides is 1. The third kappa shape index (κ3) is 5.96. The number of benzene rings is 1. The quantitative estimate of drug-likeness (QED) is 0.278. The SMILES string of the molecule is NC(=O)C1=C(c2ccc3nc(NCc4cc(Cl)cc(S(N)(=O)=O)c4)nc(NC4(C(F)(F)F)CC4)c3n2)C=CC(F)C1. The van der Waals surface area contributed by atoms with Crippen molar-refractivity contribution in [2.75, 3.05) is 10.6 Å². The highest BCUT2D eigenvalue weighted by molar-refractivity contribution is 7.89. The Balaban J connectivity index is 1.56. The van der Waals surface area contributed by atoms with Gasteiger partial charge in [-0.15, -0.1) is 0 Å². The summed E-state index contributed by atoms with van der Waals surface area (Å²) < 4.78 is 79.0. The molecule has 6 N–H and O–H groups in total. The van der Waals surface area contributed by atoms with Gasteiger partial charge in [-0.25, -0.2) is 27.9 Å². The van der Waals surface area contributed by atoms with Gasteiger partial charge in [0.1, 0.15) is 17.2 Å². The van der Waals surface area contributed by atoms with Crippen LogP contribution in [-0.4, -0.2) is 47.2 Å². The predicted molar refractivity (Wildman–Crippen MR) is 144 cm³/mol. The molecule has 5 rings (SSSR count). The van der Waals surface area contributed by atoms with Crippen LogP contribution in [0.3, 0.4) is 0 Å². The van der Waals surface area contributed by atoms with Crippen LogP contribution in [0.15, 0.2) is 53.0 Å². The average molecular weight is 612 g/mol. The molecule has 10 nitrogen and oxygen atoms in total. The first-order valence-corrected chi connectivity index (χ1v) is 14.0. The Labute approximate surface area is 235 Å². The number of nitrogens with two attached hydrogens (primary N) is 2. The highest BCUT2D eigenvalue weighted by Gasteiger charge is 2.64. The van der Waals surface area contributed by atoms with Gasteiger partial charge >= 0.3 is 6.18 Å². The number of anilines is 2. The maximum atomic E-state index is 13.9. The number of allylic oxidation sites excluding steroid dienone is 3. The van der Waals surface area contributed by atoms with Crippen LogP contribution >= 0.6 is 11.6 Å². The lowest BCUT2D eigenvalue weighted by Crippen LogP contribution is -2.39. The minimum atomic E-state index is -4.58. The number of hydrogen-bond acceptors (Lipinski definition) is 8.